The Morgan fingerprint density at radius 3 is 2.77 bits per heavy atom. The fraction of sp³-hybridized carbons (Fsp3) is 0. The SMILES string of the molecule is C=S(=O)(NC(N)=O)c1cc(Cl)cs1. The maximum atomic E-state index is 11.6. The van der Waals surface area contributed by atoms with Gasteiger partial charge < -0.3 is 5.73 Å². The summed E-state index contributed by atoms with van der Waals surface area (Å²) in [6, 6.07) is 0.613. The van der Waals surface area contributed by atoms with Gasteiger partial charge in [-0.2, -0.15) is 0 Å². The van der Waals surface area contributed by atoms with Crippen LogP contribution in [-0.4, -0.2) is 16.1 Å². The van der Waals surface area contributed by atoms with Gasteiger partial charge in [-0.25, -0.2) is 9.00 Å². The Bertz CT molecular complexity index is 424. The maximum absolute atomic E-state index is 11.6. The van der Waals surface area contributed by atoms with Gasteiger partial charge in [-0.05, 0) is 11.9 Å². The second-order valence-corrected chi connectivity index (χ2v) is 5.83. The molecule has 0 spiro atoms. The topological polar surface area (TPSA) is 72.2 Å². The summed E-state index contributed by atoms with van der Waals surface area (Å²) in [5.41, 5.74) is 4.83. The van der Waals surface area contributed by atoms with E-state index in [2.05, 4.69) is 10.6 Å². The molecule has 0 aliphatic heterocycles. The van der Waals surface area contributed by atoms with Crippen molar-refractivity contribution in [1.82, 2.24) is 4.72 Å². The molecule has 0 fully saturated rings. The number of carbonyl (C=O) groups excluding carboxylic acids is 1. The molecular weight excluding hydrogens is 232 g/mol. The molecule has 1 unspecified atom stereocenters. The summed E-state index contributed by atoms with van der Waals surface area (Å²) in [6.07, 6.45) is 0. The van der Waals surface area contributed by atoms with Crippen LogP contribution in [0.25, 0.3) is 0 Å². The molecule has 0 saturated heterocycles. The molecule has 0 saturated carbocycles. The van der Waals surface area contributed by atoms with Gasteiger partial charge in [0.1, 0.15) is 4.21 Å². The number of urea groups is 1. The summed E-state index contributed by atoms with van der Waals surface area (Å²) in [7, 11) is -2.83. The number of nitrogens with one attached hydrogen (secondary N) is 1. The Labute approximate surface area is 84.8 Å². The van der Waals surface area contributed by atoms with Crippen molar-refractivity contribution in [1.29, 1.82) is 0 Å². The molecule has 4 nitrogen and oxygen atoms in total. The van der Waals surface area contributed by atoms with E-state index >= 15 is 0 Å². The van der Waals surface area contributed by atoms with Crippen molar-refractivity contribution in [2.24, 2.45) is 5.73 Å². The minimum absolute atomic E-state index is 0.399. The minimum Gasteiger partial charge on any atom is -0.351 e. The van der Waals surface area contributed by atoms with Crippen molar-refractivity contribution in [3.8, 4) is 0 Å². The molecule has 72 valence electrons. The molecule has 7 heteroatoms. The lowest BCUT2D eigenvalue weighted by atomic mass is 10.7. The van der Waals surface area contributed by atoms with Gasteiger partial charge in [-0.3, -0.25) is 4.72 Å². The predicted octanol–water partition coefficient (Wildman–Crippen LogP) is 1.06. The van der Waals surface area contributed by atoms with Gasteiger partial charge >= 0.3 is 6.03 Å². The summed E-state index contributed by atoms with van der Waals surface area (Å²) in [4.78, 5) is 10.5. The molecule has 0 bridgehead atoms. The zero-order chi connectivity index (χ0) is 10.1. The van der Waals surface area contributed by atoms with Crippen LogP contribution in [0.2, 0.25) is 5.02 Å². The van der Waals surface area contributed by atoms with E-state index in [1.807, 2.05) is 0 Å². The Hall–Kier alpha value is -0.720. The monoisotopic (exact) mass is 238 g/mol. The molecule has 3 N–H and O–H groups in total. The molecule has 1 aromatic heterocycles. The van der Waals surface area contributed by atoms with E-state index in [1.165, 1.54) is 6.07 Å². The molecule has 0 aliphatic carbocycles. The molecule has 2 amide bonds. The van der Waals surface area contributed by atoms with E-state index in [4.69, 9.17) is 17.3 Å². The number of halogens is 1. The van der Waals surface area contributed by atoms with Gasteiger partial charge in [0.25, 0.3) is 0 Å². The highest BCUT2D eigenvalue weighted by Gasteiger charge is 2.11. The molecule has 1 aromatic rings. The van der Waals surface area contributed by atoms with Crippen LogP contribution in [-0.2, 0) is 9.71 Å². The molecular formula is C6H7ClN2O2S2. The molecule has 13 heavy (non-hydrogen) atoms. The van der Waals surface area contributed by atoms with Crippen molar-refractivity contribution >= 4 is 44.5 Å². The number of hydrogen-bond donors (Lipinski definition) is 2. The fourth-order valence-electron chi connectivity index (χ4n) is 0.681. The molecule has 0 aliphatic rings. The molecule has 0 aromatic carbocycles. The smallest absolute Gasteiger partial charge is 0.323 e. The number of rotatable bonds is 2. The van der Waals surface area contributed by atoms with Crippen molar-refractivity contribution in [2.45, 2.75) is 4.21 Å². The van der Waals surface area contributed by atoms with Crippen molar-refractivity contribution in [3.63, 3.8) is 0 Å². The maximum Gasteiger partial charge on any atom is 0.323 e. The lowest BCUT2D eigenvalue weighted by Crippen LogP contribution is -2.34. The van der Waals surface area contributed by atoms with Crippen LogP contribution in [0.5, 0.6) is 0 Å². The van der Waals surface area contributed by atoms with Gasteiger partial charge in [0.05, 0.1) is 14.7 Å². The largest absolute Gasteiger partial charge is 0.351 e. The van der Waals surface area contributed by atoms with Crippen LogP contribution >= 0.6 is 22.9 Å². The Morgan fingerprint density at radius 2 is 2.38 bits per heavy atom. The van der Waals surface area contributed by atoms with Crippen LogP contribution in [0.1, 0.15) is 0 Å². The standard InChI is InChI=1S/C6H7ClN2O2S2/c1-13(11,9-6(8)10)5-2-4(7)3-12-5/h2-3H,1H2,(H3,8,9,10,11). The van der Waals surface area contributed by atoms with Gasteiger partial charge in [0.15, 0.2) is 0 Å². The van der Waals surface area contributed by atoms with Crippen LogP contribution < -0.4 is 10.5 Å². The van der Waals surface area contributed by atoms with E-state index in [0.717, 1.165) is 11.3 Å². The zero-order valence-corrected chi connectivity index (χ0v) is 8.84. The highest BCUT2D eigenvalue weighted by atomic mass is 35.5. The number of primary amides is 1. The molecule has 1 atom stereocenters. The lowest BCUT2D eigenvalue weighted by Gasteiger charge is -2.05. The fourth-order valence-corrected chi connectivity index (χ4v) is 3.18. The van der Waals surface area contributed by atoms with E-state index in [9.17, 15) is 9.00 Å². The number of nitrogens with two attached hydrogens (primary N) is 1. The van der Waals surface area contributed by atoms with Gasteiger partial charge in [0, 0.05) is 5.38 Å². The number of thiophene rings is 1. The first-order valence-electron chi connectivity index (χ1n) is 3.10. The van der Waals surface area contributed by atoms with E-state index in [1.54, 1.807) is 5.38 Å². The third kappa shape index (κ3) is 2.61. The molecule has 1 heterocycles. The first-order chi connectivity index (χ1) is 5.92. The Balaban J connectivity index is 3.01. The summed E-state index contributed by atoms with van der Waals surface area (Å²) in [6.45, 7) is 0. The second-order valence-electron chi connectivity index (χ2n) is 2.23. The summed E-state index contributed by atoms with van der Waals surface area (Å²) >= 11 is 6.77. The number of amides is 2. The second kappa shape index (κ2) is 3.57. The molecule has 0 radical (unpaired) electrons. The van der Waals surface area contributed by atoms with Crippen LogP contribution in [0, 0.1) is 0 Å². The first kappa shape index (κ1) is 10.4. The third-order valence-corrected chi connectivity index (χ3v) is 4.60. The molecule has 1 rings (SSSR count). The summed E-state index contributed by atoms with van der Waals surface area (Å²) in [5, 5.41) is 2.06. The Kier molecular flexibility index (Phi) is 2.84. The zero-order valence-electron chi connectivity index (χ0n) is 6.45. The quantitative estimate of drug-likeness (QED) is 0.757. The highest BCUT2D eigenvalue weighted by molar-refractivity contribution is 8.00. The van der Waals surface area contributed by atoms with Gasteiger partial charge in [-0.15, -0.1) is 11.3 Å². The average Bonchev–Trinajstić information content (AvgIpc) is 2.32. The van der Waals surface area contributed by atoms with Gasteiger partial charge in [0.2, 0.25) is 0 Å². The highest BCUT2D eigenvalue weighted by Crippen LogP contribution is 2.23. The van der Waals surface area contributed by atoms with Crippen molar-refractivity contribution in [2.75, 3.05) is 0 Å². The summed E-state index contributed by atoms with van der Waals surface area (Å²) < 4.78 is 14.1. The summed E-state index contributed by atoms with van der Waals surface area (Å²) in [5.74, 6) is 3.36. The number of carbonyl (C=O) groups is 1. The number of hydrogen-bond acceptors (Lipinski definition) is 3. The predicted molar refractivity (Wildman–Crippen MR) is 55.6 cm³/mol. The average molecular weight is 239 g/mol. The minimum atomic E-state index is -2.83. The van der Waals surface area contributed by atoms with Crippen molar-refractivity contribution < 1.29 is 9.00 Å². The van der Waals surface area contributed by atoms with Crippen LogP contribution in [0.3, 0.4) is 0 Å². The van der Waals surface area contributed by atoms with Crippen LogP contribution in [0.15, 0.2) is 15.7 Å². The normalized spacial score (nSPS) is 14.8. The van der Waals surface area contributed by atoms with E-state index in [-0.39, 0.29) is 0 Å². The van der Waals surface area contributed by atoms with Crippen molar-refractivity contribution in [3.05, 3.63) is 16.5 Å². The first-order valence-corrected chi connectivity index (χ1v) is 6.09. The van der Waals surface area contributed by atoms with Crippen LogP contribution in [0.4, 0.5) is 4.79 Å². The third-order valence-electron chi connectivity index (χ3n) is 1.13. The van der Waals surface area contributed by atoms with E-state index < -0.39 is 15.7 Å². The Morgan fingerprint density at radius 1 is 1.77 bits per heavy atom. The van der Waals surface area contributed by atoms with E-state index in [0.29, 0.717) is 9.23 Å². The van der Waals surface area contributed by atoms with Gasteiger partial charge in [-0.1, -0.05) is 11.6 Å². The lowest BCUT2D eigenvalue weighted by molar-refractivity contribution is 0.254.